The summed E-state index contributed by atoms with van der Waals surface area (Å²) in [5, 5.41) is 15.7. The average Bonchev–Trinajstić information content (AvgIpc) is 3.55. The van der Waals surface area contributed by atoms with E-state index in [0.29, 0.717) is 25.3 Å². The summed E-state index contributed by atoms with van der Waals surface area (Å²) in [4.78, 5) is 29.6. The fourth-order valence-electron chi connectivity index (χ4n) is 5.26. The molecule has 0 bridgehead atoms. The minimum absolute atomic E-state index is 0.0749. The zero-order valence-electron chi connectivity index (χ0n) is 18.1. The Morgan fingerprint density at radius 1 is 1.22 bits per heavy atom. The highest BCUT2D eigenvalue weighted by molar-refractivity contribution is 5.95. The van der Waals surface area contributed by atoms with Crippen LogP contribution in [0.2, 0.25) is 0 Å². The Labute approximate surface area is 187 Å². The van der Waals surface area contributed by atoms with Crippen LogP contribution in [0.1, 0.15) is 36.3 Å². The van der Waals surface area contributed by atoms with Crippen LogP contribution >= 0.6 is 0 Å². The number of nitrogens with one attached hydrogen (secondary N) is 2. The predicted molar refractivity (Wildman–Crippen MR) is 119 cm³/mol. The number of nitrogens with zero attached hydrogens (tertiary/aromatic N) is 2. The molecule has 2 fully saturated rings. The Balaban J connectivity index is 1.16. The van der Waals surface area contributed by atoms with E-state index in [-0.39, 0.29) is 36.5 Å². The molecule has 5 rings (SSSR count). The number of rotatable bonds is 7. The Hall–Kier alpha value is -2.68. The second-order valence-electron chi connectivity index (χ2n) is 8.91. The van der Waals surface area contributed by atoms with Crippen LogP contribution < -0.4 is 15.5 Å². The van der Waals surface area contributed by atoms with Gasteiger partial charge in [-0.25, -0.2) is 0 Å². The van der Waals surface area contributed by atoms with E-state index in [1.165, 1.54) is 5.56 Å². The molecule has 32 heavy (non-hydrogen) atoms. The molecule has 3 N–H and O–H groups in total. The van der Waals surface area contributed by atoms with Gasteiger partial charge in [0.2, 0.25) is 11.8 Å². The molecule has 0 saturated carbocycles. The van der Waals surface area contributed by atoms with Gasteiger partial charge < -0.3 is 25.1 Å². The molecule has 170 valence electrons. The maximum absolute atomic E-state index is 12.9. The van der Waals surface area contributed by atoms with E-state index in [1.54, 1.807) is 6.07 Å². The number of anilines is 1. The topological polar surface area (TPSA) is 98.1 Å². The van der Waals surface area contributed by atoms with E-state index in [1.807, 2.05) is 29.2 Å². The van der Waals surface area contributed by atoms with Crippen molar-refractivity contribution < 1.29 is 19.1 Å². The van der Waals surface area contributed by atoms with Crippen LogP contribution in [0.25, 0.3) is 0 Å². The number of carbonyl (C=O) groups is 2. The Morgan fingerprint density at radius 3 is 2.91 bits per heavy atom. The standard InChI is InChI=1S/C24H30N4O4/c29-15-20-7-6-19(32-20)13-25-17-11-22-24(31)26-12-18(28(22)14-17)5-8-23(30)27-10-9-16-3-1-2-4-21(16)27/h1-4,6-7,17-18,22,25,29H,5,8-15H2,(H,26,31). The number of fused-ring (bicyclic) bond motifs is 2. The normalized spacial score (nSPS) is 25.0. The molecule has 1 aromatic heterocycles. The third-order valence-electron chi connectivity index (χ3n) is 6.94. The summed E-state index contributed by atoms with van der Waals surface area (Å²) in [5.41, 5.74) is 2.28. The van der Waals surface area contributed by atoms with Crippen LogP contribution in [0, 0.1) is 0 Å². The minimum Gasteiger partial charge on any atom is -0.462 e. The Bertz CT molecular complexity index is 990. The van der Waals surface area contributed by atoms with Crippen molar-refractivity contribution in [1.29, 1.82) is 0 Å². The quantitative estimate of drug-likeness (QED) is 0.601. The number of furan rings is 1. The molecule has 3 atom stereocenters. The van der Waals surface area contributed by atoms with Crippen molar-refractivity contribution in [1.82, 2.24) is 15.5 Å². The summed E-state index contributed by atoms with van der Waals surface area (Å²) in [6, 6.07) is 11.9. The maximum Gasteiger partial charge on any atom is 0.237 e. The number of para-hydroxylation sites is 1. The van der Waals surface area contributed by atoms with Gasteiger partial charge in [-0.2, -0.15) is 0 Å². The molecule has 1 aromatic carbocycles. The van der Waals surface area contributed by atoms with Gasteiger partial charge in [-0.3, -0.25) is 14.5 Å². The van der Waals surface area contributed by atoms with Crippen molar-refractivity contribution in [2.24, 2.45) is 0 Å². The van der Waals surface area contributed by atoms with Crippen LogP contribution in [0.4, 0.5) is 5.69 Å². The highest BCUT2D eigenvalue weighted by Gasteiger charge is 2.43. The molecule has 3 aliphatic heterocycles. The molecule has 2 aromatic rings. The van der Waals surface area contributed by atoms with E-state index in [0.717, 1.165) is 43.8 Å². The predicted octanol–water partition coefficient (Wildman–Crippen LogP) is 1.17. The maximum atomic E-state index is 12.9. The molecule has 0 radical (unpaired) electrons. The van der Waals surface area contributed by atoms with Crippen molar-refractivity contribution in [3.05, 3.63) is 53.5 Å². The third-order valence-corrected chi connectivity index (χ3v) is 6.94. The summed E-state index contributed by atoms with van der Waals surface area (Å²) >= 11 is 0. The smallest absolute Gasteiger partial charge is 0.237 e. The second kappa shape index (κ2) is 9.05. The van der Waals surface area contributed by atoms with E-state index in [9.17, 15) is 9.59 Å². The fourth-order valence-corrected chi connectivity index (χ4v) is 5.26. The van der Waals surface area contributed by atoms with Crippen LogP contribution in [0.5, 0.6) is 0 Å². The van der Waals surface area contributed by atoms with Gasteiger partial charge in [0, 0.05) is 43.8 Å². The zero-order chi connectivity index (χ0) is 22.1. The van der Waals surface area contributed by atoms with Crippen molar-refractivity contribution >= 4 is 17.5 Å². The van der Waals surface area contributed by atoms with Gasteiger partial charge in [0.15, 0.2) is 0 Å². The first-order valence-corrected chi connectivity index (χ1v) is 11.5. The largest absolute Gasteiger partial charge is 0.462 e. The fraction of sp³-hybridized carbons (Fsp3) is 0.500. The number of amides is 2. The molecule has 0 spiro atoms. The van der Waals surface area contributed by atoms with E-state index < -0.39 is 0 Å². The molecule has 2 amide bonds. The molecule has 4 heterocycles. The summed E-state index contributed by atoms with van der Waals surface area (Å²) in [5.74, 6) is 1.56. The molecular weight excluding hydrogens is 408 g/mol. The Kier molecular flexibility index (Phi) is 5.99. The molecule has 8 heteroatoms. The molecule has 3 aliphatic rings. The van der Waals surface area contributed by atoms with Crippen molar-refractivity contribution in [3.8, 4) is 0 Å². The lowest BCUT2D eigenvalue weighted by Gasteiger charge is -2.37. The van der Waals surface area contributed by atoms with Crippen LogP contribution in [0.3, 0.4) is 0 Å². The molecule has 8 nitrogen and oxygen atoms in total. The Morgan fingerprint density at radius 2 is 2.06 bits per heavy atom. The van der Waals surface area contributed by atoms with Crippen molar-refractivity contribution in [2.75, 3.05) is 24.5 Å². The third kappa shape index (κ3) is 4.18. The lowest BCUT2D eigenvalue weighted by molar-refractivity contribution is -0.129. The lowest BCUT2D eigenvalue weighted by atomic mass is 10.0. The number of aliphatic hydroxyl groups excluding tert-OH is 1. The highest BCUT2D eigenvalue weighted by atomic mass is 16.4. The summed E-state index contributed by atoms with van der Waals surface area (Å²) in [7, 11) is 0. The number of hydrogen-bond acceptors (Lipinski definition) is 6. The summed E-state index contributed by atoms with van der Waals surface area (Å²) in [6.45, 7) is 2.57. The number of aliphatic hydroxyl groups is 1. The summed E-state index contributed by atoms with van der Waals surface area (Å²) in [6.07, 6.45) is 2.87. The lowest BCUT2D eigenvalue weighted by Crippen LogP contribution is -2.58. The average molecular weight is 439 g/mol. The van der Waals surface area contributed by atoms with E-state index in [4.69, 9.17) is 9.52 Å². The first-order valence-electron chi connectivity index (χ1n) is 11.5. The summed E-state index contributed by atoms with van der Waals surface area (Å²) < 4.78 is 5.54. The second-order valence-corrected chi connectivity index (χ2v) is 8.91. The highest BCUT2D eigenvalue weighted by Crippen LogP contribution is 2.30. The van der Waals surface area contributed by atoms with Crippen LogP contribution in [-0.2, 0) is 29.2 Å². The monoisotopic (exact) mass is 438 g/mol. The van der Waals surface area contributed by atoms with Crippen LogP contribution in [-0.4, -0.2) is 59.6 Å². The number of benzene rings is 1. The van der Waals surface area contributed by atoms with Crippen molar-refractivity contribution in [2.45, 2.75) is 57.0 Å². The number of piperazine rings is 1. The number of carbonyl (C=O) groups excluding carboxylic acids is 2. The molecular formula is C24H30N4O4. The van der Waals surface area contributed by atoms with Gasteiger partial charge >= 0.3 is 0 Å². The molecule has 0 aliphatic carbocycles. The van der Waals surface area contributed by atoms with Gasteiger partial charge in [0.25, 0.3) is 0 Å². The van der Waals surface area contributed by atoms with Gasteiger partial charge in [0.05, 0.1) is 12.6 Å². The minimum atomic E-state index is -0.154. The van der Waals surface area contributed by atoms with Gasteiger partial charge in [-0.15, -0.1) is 0 Å². The first-order chi connectivity index (χ1) is 15.6. The SMILES string of the molecule is O=C1NCC(CCC(=O)N2CCc3ccccc32)N2CC(NCc3ccc(CO)o3)CC12. The van der Waals surface area contributed by atoms with E-state index >= 15 is 0 Å². The van der Waals surface area contributed by atoms with Crippen molar-refractivity contribution in [3.63, 3.8) is 0 Å². The molecule has 2 saturated heterocycles. The van der Waals surface area contributed by atoms with Gasteiger partial charge in [-0.05, 0) is 43.0 Å². The van der Waals surface area contributed by atoms with Gasteiger partial charge in [-0.1, -0.05) is 18.2 Å². The van der Waals surface area contributed by atoms with Crippen LogP contribution in [0.15, 0.2) is 40.8 Å². The van der Waals surface area contributed by atoms with E-state index in [2.05, 4.69) is 21.6 Å². The van der Waals surface area contributed by atoms with Gasteiger partial charge in [0.1, 0.15) is 18.1 Å². The molecule has 3 unspecified atom stereocenters. The number of hydrogen-bond donors (Lipinski definition) is 3. The first kappa shape index (κ1) is 21.2. The zero-order valence-corrected chi connectivity index (χ0v) is 18.1.